The molecule has 0 saturated heterocycles. The number of carbonyl (C=O) groups is 1. The van der Waals surface area contributed by atoms with Crippen LogP contribution in [-0.4, -0.2) is 81.4 Å². The molecule has 0 aliphatic rings. The number of aromatic nitrogens is 6. The fourth-order valence-corrected chi connectivity index (χ4v) is 4.64. The summed E-state index contributed by atoms with van der Waals surface area (Å²) in [6.07, 6.45) is 8.47. The maximum absolute atomic E-state index is 12.3. The van der Waals surface area contributed by atoms with Gasteiger partial charge in [-0.25, -0.2) is 4.98 Å². The normalized spacial score (nSPS) is 11.1. The first-order chi connectivity index (χ1) is 20.3. The molecule has 0 spiro atoms. The van der Waals surface area contributed by atoms with Crippen LogP contribution in [0.25, 0.3) is 28.1 Å². The Hall–Kier alpha value is -5.23. The molecule has 0 atom stereocenters. The summed E-state index contributed by atoms with van der Waals surface area (Å²) >= 11 is 0. The Morgan fingerprint density at radius 3 is 2.62 bits per heavy atom. The van der Waals surface area contributed by atoms with E-state index in [4.69, 9.17) is 9.72 Å². The van der Waals surface area contributed by atoms with Gasteiger partial charge in [0.1, 0.15) is 11.6 Å². The van der Waals surface area contributed by atoms with Crippen LogP contribution in [-0.2, 0) is 11.8 Å². The Morgan fingerprint density at radius 2 is 1.90 bits per heavy atom. The first-order valence-corrected chi connectivity index (χ1v) is 13.3. The molecule has 4 heterocycles. The van der Waals surface area contributed by atoms with Crippen molar-refractivity contribution in [2.24, 2.45) is 7.05 Å². The van der Waals surface area contributed by atoms with Gasteiger partial charge in [0.15, 0.2) is 0 Å². The third-order valence-corrected chi connectivity index (χ3v) is 6.85. The van der Waals surface area contributed by atoms with E-state index in [1.807, 2.05) is 80.0 Å². The fraction of sp³-hybridized carbons (Fsp3) is 0.233. The first-order valence-electron chi connectivity index (χ1n) is 13.3. The maximum Gasteiger partial charge on any atom is 0.247 e. The minimum Gasteiger partial charge on any atom is -0.494 e. The van der Waals surface area contributed by atoms with Crippen LogP contribution >= 0.6 is 0 Å². The molecule has 0 saturated carbocycles. The molecular weight excluding hydrogens is 532 g/mol. The van der Waals surface area contributed by atoms with E-state index >= 15 is 0 Å². The smallest absolute Gasteiger partial charge is 0.247 e. The largest absolute Gasteiger partial charge is 0.494 e. The molecule has 0 fully saturated rings. The number of likely N-dealkylation sites (N-methyl/N-ethyl adjacent to an activating group) is 2. The number of pyridine rings is 1. The molecule has 12 heteroatoms. The lowest BCUT2D eigenvalue weighted by Gasteiger charge is -2.26. The molecule has 0 aliphatic carbocycles. The zero-order valence-electron chi connectivity index (χ0n) is 24.4. The van der Waals surface area contributed by atoms with Gasteiger partial charge < -0.3 is 25.2 Å². The average molecular weight is 567 g/mol. The topological polar surface area (TPSA) is 118 Å². The molecule has 4 aromatic heterocycles. The Labute approximate surface area is 244 Å². The van der Waals surface area contributed by atoms with Crippen molar-refractivity contribution in [1.29, 1.82) is 0 Å². The number of hydrogen-bond acceptors (Lipinski definition) is 9. The number of hydrogen-bond donors (Lipinski definition) is 2. The molecule has 42 heavy (non-hydrogen) atoms. The van der Waals surface area contributed by atoms with Crippen LogP contribution in [0.15, 0.2) is 73.8 Å². The number of anilines is 4. The van der Waals surface area contributed by atoms with E-state index in [2.05, 4.69) is 42.1 Å². The molecule has 1 aromatic carbocycles. The van der Waals surface area contributed by atoms with Crippen molar-refractivity contribution in [3.8, 4) is 22.8 Å². The van der Waals surface area contributed by atoms with E-state index < -0.39 is 0 Å². The zero-order chi connectivity index (χ0) is 29.8. The molecule has 12 nitrogen and oxygen atoms in total. The van der Waals surface area contributed by atoms with E-state index in [0.29, 0.717) is 28.9 Å². The predicted molar refractivity (Wildman–Crippen MR) is 166 cm³/mol. The van der Waals surface area contributed by atoms with Crippen LogP contribution in [0.4, 0.5) is 23.0 Å². The molecule has 0 unspecified atom stereocenters. The maximum atomic E-state index is 12.3. The van der Waals surface area contributed by atoms with E-state index in [1.165, 1.54) is 6.08 Å². The van der Waals surface area contributed by atoms with Crippen molar-refractivity contribution in [3.63, 3.8) is 0 Å². The van der Waals surface area contributed by atoms with E-state index in [9.17, 15) is 4.79 Å². The Balaban J connectivity index is 1.53. The molecular formula is C30H34N10O2. The number of carbonyl (C=O) groups excluding carboxylic acids is 1. The Bertz CT molecular complexity index is 1740. The summed E-state index contributed by atoms with van der Waals surface area (Å²) in [5.41, 5.74) is 5.62. The van der Waals surface area contributed by atoms with Gasteiger partial charge in [0, 0.05) is 63.6 Å². The summed E-state index contributed by atoms with van der Waals surface area (Å²) in [5, 5.41) is 10.5. The van der Waals surface area contributed by atoms with E-state index in [-0.39, 0.29) is 5.91 Å². The summed E-state index contributed by atoms with van der Waals surface area (Å²) in [6.45, 7) is 5.17. The minimum absolute atomic E-state index is 0.316. The van der Waals surface area contributed by atoms with Crippen molar-refractivity contribution in [3.05, 3.63) is 73.8 Å². The number of aryl methyl sites for hydroxylation is 1. The zero-order valence-corrected chi connectivity index (χ0v) is 24.4. The van der Waals surface area contributed by atoms with Gasteiger partial charge in [0.2, 0.25) is 11.9 Å². The van der Waals surface area contributed by atoms with Crippen LogP contribution in [0.2, 0.25) is 0 Å². The monoisotopic (exact) mass is 566 g/mol. The summed E-state index contributed by atoms with van der Waals surface area (Å²) in [7, 11) is 9.50. The van der Waals surface area contributed by atoms with Gasteiger partial charge >= 0.3 is 0 Å². The summed E-state index contributed by atoms with van der Waals surface area (Å²) in [5.74, 6) is 1.26. The number of ether oxygens (including phenoxy) is 1. The first kappa shape index (κ1) is 28.3. The van der Waals surface area contributed by atoms with Gasteiger partial charge in [-0.2, -0.15) is 10.1 Å². The van der Waals surface area contributed by atoms with Crippen molar-refractivity contribution in [1.82, 2.24) is 34.2 Å². The highest BCUT2D eigenvalue weighted by Gasteiger charge is 2.18. The average Bonchev–Trinajstić information content (AvgIpc) is 3.59. The lowest BCUT2D eigenvalue weighted by Crippen LogP contribution is -2.29. The van der Waals surface area contributed by atoms with Gasteiger partial charge in [-0.3, -0.25) is 19.0 Å². The van der Waals surface area contributed by atoms with E-state index in [0.717, 1.165) is 41.1 Å². The summed E-state index contributed by atoms with van der Waals surface area (Å²) in [4.78, 5) is 30.4. The molecule has 216 valence electrons. The quantitative estimate of drug-likeness (QED) is 0.228. The van der Waals surface area contributed by atoms with Gasteiger partial charge in [-0.15, -0.1) is 0 Å². The van der Waals surface area contributed by atoms with Gasteiger partial charge in [0.25, 0.3) is 0 Å². The van der Waals surface area contributed by atoms with Crippen molar-refractivity contribution < 1.29 is 9.53 Å². The predicted octanol–water partition coefficient (Wildman–Crippen LogP) is 4.09. The Morgan fingerprint density at radius 1 is 1.07 bits per heavy atom. The van der Waals surface area contributed by atoms with Crippen molar-refractivity contribution >= 4 is 40.0 Å². The highest BCUT2D eigenvalue weighted by atomic mass is 16.5. The molecule has 0 aliphatic heterocycles. The van der Waals surface area contributed by atoms with Crippen LogP contribution in [0.1, 0.15) is 0 Å². The lowest BCUT2D eigenvalue weighted by molar-refractivity contribution is -0.111. The second kappa shape index (κ2) is 12.1. The number of amides is 1. The van der Waals surface area contributed by atoms with Crippen molar-refractivity contribution in [2.45, 2.75) is 0 Å². The van der Waals surface area contributed by atoms with Gasteiger partial charge in [0.05, 0.1) is 40.9 Å². The number of nitrogens with one attached hydrogen (secondary N) is 2. The minimum atomic E-state index is -0.316. The molecule has 0 radical (unpaired) electrons. The molecule has 5 rings (SSSR count). The third-order valence-electron chi connectivity index (χ3n) is 6.85. The SMILES string of the molecule is C=CC(=O)Nc1cc(Nc2nccc(-n3cc(-c4ccnn4C)c4ncccc43)n2)c(OC)cc1N(C)CCN(C)C. The lowest BCUT2D eigenvalue weighted by atomic mass is 10.2. The van der Waals surface area contributed by atoms with Crippen LogP contribution < -0.4 is 20.3 Å². The van der Waals surface area contributed by atoms with Gasteiger partial charge in [-0.1, -0.05) is 6.58 Å². The fourth-order valence-electron chi connectivity index (χ4n) is 4.64. The summed E-state index contributed by atoms with van der Waals surface area (Å²) < 4.78 is 9.54. The van der Waals surface area contributed by atoms with E-state index in [1.54, 1.807) is 25.7 Å². The highest BCUT2D eigenvalue weighted by molar-refractivity contribution is 6.02. The number of rotatable bonds is 11. The third kappa shape index (κ3) is 5.79. The molecule has 1 amide bonds. The summed E-state index contributed by atoms with van der Waals surface area (Å²) in [6, 6.07) is 11.4. The molecule has 2 N–H and O–H groups in total. The van der Waals surface area contributed by atoms with Crippen LogP contribution in [0.5, 0.6) is 5.75 Å². The number of methoxy groups -OCH3 is 1. The van der Waals surface area contributed by atoms with Crippen molar-refractivity contribution in [2.75, 3.05) is 56.9 Å². The van der Waals surface area contributed by atoms with Crippen LogP contribution in [0.3, 0.4) is 0 Å². The van der Waals surface area contributed by atoms with Crippen LogP contribution in [0, 0.1) is 0 Å². The molecule has 5 aromatic rings. The highest BCUT2D eigenvalue weighted by Crippen LogP contribution is 2.38. The standard InChI is InChI=1S/C30H34N10O2/c1-7-28(41)34-21-17-22(26(42-6)18-25(21)38(4)16-15-37(2)3)35-30-32-13-11-27(36-30)40-19-20(23-10-14-33-39(23)5)29-24(40)9-8-12-31-29/h7-14,17-19H,1,15-16H2,2-6H3,(H,34,41)(H,32,35,36). The second-order valence-electron chi connectivity index (χ2n) is 9.98. The Kier molecular flexibility index (Phi) is 8.16. The number of fused-ring (bicyclic) bond motifs is 1. The van der Waals surface area contributed by atoms with Gasteiger partial charge in [-0.05, 0) is 50.5 Å². The second-order valence-corrected chi connectivity index (χ2v) is 9.98. The number of benzene rings is 1. The molecule has 0 bridgehead atoms. The number of nitrogens with zero attached hydrogens (tertiary/aromatic N) is 8.